The first kappa shape index (κ1) is 17.2. The van der Waals surface area contributed by atoms with Crippen molar-refractivity contribution < 1.29 is 4.79 Å². The van der Waals surface area contributed by atoms with Crippen LogP contribution in [0.2, 0.25) is 10.2 Å². The molecule has 2 aromatic rings. The summed E-state index contributed by atoms with van der Waals surface area (Å²) >= 11 is 11.8. The van der Waals surface area contributed by atoms with Crippen LogP contribution in [0.3, 0.4) is 0 Å². The number of aromatic nitrogens is 1. The predicted octanol–water partition coefficient (Wildman–Crippen LogP) is 4.86. The van der Waals surface area contributed by atoms with E-state index in [0.29, 0.717) is 16.7 Å². The first-order valence-corrected chi connectivity index (χ1v) is 8.89. The highest BCUT2D eigenvalue weighted by Gasteiger charge is 2.44. The third kappa shape index (κ3) is 3.42. The highest BCUT2D eigenvalue weighted by Crippen LogP contribution is 2.43. The minimum atomic E-state index is -0.431. The summed E-state index contributed by atoms with van der Waals surface area (Å²) in [6.07, 6.45) is 5.64. The fourth-order valence-electron chi connectivity index (χ4n) is 3.58. The molecule has 0 radical (unpaired) electrons. The Bertz CT molecular complexity index is 707. The van der Waals surface area contributed by atoms with Crippen molar-refractivity contribution in [2.45, 2.75) is 37.6 Å². The van der Waals surface area contributed by atoms with Gasteiger partial charge in [-0.2, -0.15) is 0 Å². The molecule has 24 heavy (non-hydrogen) atoms. The second-order valence-electron chi connectivity index (χ2n) is 6.45. The van der Waals surface area contributed by atoms with E-state index in [1.165, 1.54) is 0 Å². The summed E-state index contributed by atoms with van der Waals surface area (Å²) in [5.41, 5.74) is 1.61. The van der Waals surface area contributed by atoms with Crippen LogP contribution >= 0.6 is 23.2 Å². The van der Waals surface area contributed by atoms with Crippen LogP contribution < -0.4 is 0 Å². The number of rotatable bonds is 4. The molecule has 1 aliphatic carbocycles. The third-order valence-corrected chi connectivity index (χ3v) is 5.29. The fourth-order valence-corrected chi connectivity index (χ4v) is 3.82. The minimum Gasteiger partial charge on any atom is -0.341 e. The largest absolute Gasteiger partial charge is 0.341 e. The molecule has 0 saturated heterocycles. The lowest BCUT2D eigenvalue weighted by Gasteiger charge is -2.33. The Morgan fingerprint density at radius 1 is 1.12 bits per heavy atom. The van der Waals surface area contributed by atoms with E-state index in [-0.39, 0.29) is 5.91 Å². The van der Waals surface area contributed by atoms with Gasteiger partial charge in [-0.15, -0.1) is 0 Å². The van der Waals surface area contributed by atoms with Crippen molar-refractivity contribution in [1.82, 2.24) is 9.88 Å². The second kappa shape index (κ2) is 7.12. The molecule has 0 aliphatic heterocycles. The number of hydrogen-bond donors (Lipinski definition) is 0. The number of carbonyl (C=O) groups excluding carboxylic acids is 1. The van der Waals surface area contributed by atoms with E-state index in [9.17, 15) is 4.79 Å². The maximum absolute atomic E-state index is 13.3. The zero-order chi connectivity index (χ0) is 17.2. The van der Waals surface area contributed by atoms with Crippen LogP contribution in [0.5, 0.6) is 0 Å². The smallest absolute Gasteiger partial charge is 0.233 e. The molecule has 0 N–H and O–H groups in total. The molecule has 0 unspecified atom stereocenters. The van der Waals surface area contributed by atoms with Crippen molar-refractivity contribution in [2.24, 2.45) is 0 Å². The van der Waals surface area contributed by atoms with Crippen molar-refractivity contribution >= 4 is 29.1 Å². The molecule has 1 saturated carbocycles. The number of carbonyl (C=O) groups is 1. The lowest BCUT2D eigenvalue weighted by atomic mass is 9.77. The second-order valence-corrected chi connectivity index (χ2v) is 7.27. The number of likely N-dealkylation sites (N-methyl/N-ethyl adjacent to an activating group) is 1. The molecule has 1 heterocycles. The van der Waals surface area contributed by atoms with E-state index >= 15 is 0 Å². The van der Waals surface area contributed by atoms with Gasteiger partial charge in [0.05, 0.1) is 5.41 Å². The normalized spacial score (nSPS) is 16.1. The van der Waals surface area contributed by atoms with Crippen molar-refractivity contribution in [2.75, 3.05) is 7.05 Å². The standard InChI is InChI=1S/C19H20Cl2N2O/c1-23(13-14-4-9-17(21)22-12-14)18(24)19(10-2-3-11-19)15-5-7-16(20)8-6-15/h4-9,12H,2-3,10-11,13H2,1H3. The Kier molecular flexibility index (Phi) is 5.12. The van der Waals surface area contributed by atoms with Gasteiger partial charge in [-0.3, -0.25) is 4.79 Å². The highest BCUT2D eigenvalue weighted by atomic mass is 35.5. The van der Waals surface area contributed by atoms with Gasteiger partial charge >= 0.3 is 0 Å². The van der Waals surface area contributed by atoms with Gasteiger partial charge in [-0.1, -0.05) is 54.2 Å². The molecule has 1 amide bonds. The van der Waals surface area contributed by atoms with Gasteiger partial charge in [0, 0.05) is 24.8 Å². The molecule has 126 valence electrons. The maximum atomic E-state index is 13.3. The highest BCUT2D eigenvalue weighted by molar-refractivity contribution is 6.30. The number of hydrogen-bond acceptors (Lipinski definition) is 2. The topological polar surface area (TPSA) is 33.2 Å². The molecular formula is C19H20Cl2N2O. The average Bonchev–Trinajstić information content (AvgIpc) is 3.07. The summed E-state index contributed by atoms with van der Waals surface area (Å²) in [5.74, 6) is 0.164. The molecule has 3 nitrogen and oxygen atoms in total. The molecular weight excluding hydrogens is 343 g/mol. The molecule has 1 aliphatic rings. The summed E-state index contributed by atoms with van der Waals surface area (Å²) in [6, 6.07) is 11.4. The molecule has 0 atom stereocenters. The number of nitrogens with zero attached hydrogens (tertiary/aromatic N) is 2. The summed E-state index contributed by atoms with van der Waals surface area (Å²) < 4.78 is 0. The van der Waals surface area contributed by atoms with Gasteiger partial charge in [0.2, 0.25) is 5.91 Å². The molecule has 0 bridgehead atoms. The lowest BCUT2D eigenvalue weighted by Crippen LogP contribution is -2.43. The van der Waals surface area contributed by atoms with Gasteiger partial charge in [0.1, 0.15) is 5.15 Å². The average molecular weight is 363 g/mol. The number of pyridine rings is 1. The van der Waals surface area contributed by atoms with Crippen LogP contribution in [0.25, 0.3) is 0 Å². The van der Waals surface area contributed by atoms with Crippen LogP contribution in [0, 0.1) is 0 Å². The molecule has 3 rings (SSSR count). The summed E-state index contributed by atoms with van der Waals surface area (Å²) in [6.45, 7) is 0.526. The first-order valence-electron chi connectivity index (χ1n) is 8.13. The van der Waals surface area contributed by atoms with E-state index in [1.54, 1.807) is 17.2 Å². The lowest BCUT2D eigenvalue weighted by molar-refractivity contribution is -0.136. The van der Waals surface area contributed by atoms with Crippen LogP contribution in [0.1, 0.15) is 36.8 Å². The van der Waals surface area contributed by atoms with Crippen LogP contribution in [-0.2, 0) is 16.8 Å². The van der Waals surface area contributed by atoms with Crippen molar-refractivity contribution in [1.29, 1.82) is 0 Å². The van der Waals surface area contributed by atoms with E-state index in [0.717, 1.165) is 36.8 Å². The quantitative estimate of drug-likeness (QED) is 0.727. The fraction of sp³-hybridized carbons (Fsp3) is 0.368. The van der Waals surface area contributed by atoms with Crippen LogP contribution in [0.15, 0.2) is 42.6 Å². The summed E-state index contributed by atoms with van der Waals surface area (Å²) in [4.78, 5) is 19.2. The number of benzene rings is 1. The van der Waals surface area contributed by atoms with Crippen LogP contribution in [-0.4, -0.2) is 22.8 Å². The summed E-state index contributed by atoms with van der Waals surface area (Å²) in [7, 11) is 1.85. The molecule has 5 heteroatoms. The van der Waals surface area contributed by atoms with E-state index in [4.69, 9.17) is 23.2 Å². The van der Waals surface area contributed by atoms with Crippen molar-refractivity contribution in [3.8, 4) is 0 Å². The molecule has 1 aromatic carbocycles. The van der Waals surface area contributed by atoms with Gasteiger partial charge in [-0.25, -0.2) is 4.98 Å². The van der Waals surface area contributed by atoms with Gasteiger partial charge in [-0.05, 0) is 42.2 Å². The zero-order valence-electron chi connectivity index (χ0n) is 13.6. The van der Waals surface area contributed by atoms with Gasteiger partial charge < -0.3 is 4.90 Å². The Labute approximate surface area is 152 Å². The van der Waals surface area contributed by atoms with Crippen molar-refractivity contribution in [3.05, 3.63) is 63.9 Å². The van der Waals surface area contributed by atoms with E-state index in [1.807, 2.05) is 37.4 Å². The third-order valence-electron chi connectivity index (χ3n) is 4.82. The first-order chi connectivity index (χ1) is 11.5. The molecule has 1 aromatic heterocycles. The Morgan fingerprint density at radius 3 is 2.38 bits per heavy atom. The van der Waals surface area contributed by atoms with E-state index in [2.05, 4.69) is 4.98 Å². The Balaban J connectivity index is 1.84. The molecule has 1 fully saturated rings. The minimum absolute atomic E-state index is 0.164. The predicted molar refractivity (Wildman–Crippen MR) is 97.3 cm³/mol. The van der Waals surface area contributed by atoms with Crippen molar-refractivity contribution in [3.63, 3.8) is 0 Å². The Hall–Kier alpha value is -1.58. The van der Waals surface area contributed by atoms with Gasteiger partial charge in [0.25, 0.3) is 0 Å². The van der Waals surface area contributed by atoms with E-state index < -0.39 is 5.41 Å². The molecule has 0 spiro atoms. The SMILES string of the molecule is CN(Cc1ccc(Cl)nc1)C(=O)C1(c2ccc(Cl)cc2)CCCC1. The monoisotopic (exact) mass is 362 g/mol. The number of halogens is 2. The Morgan fingerprint density at radius 2 is 1.79 bits per heavy atom. The van der Waals surface area contributed by atoms with Gasteiger partial charge in [0.15, 0.2) is 0 Å². The zero-order valence-corrected chi connectivity index (χ0v) is 15.1. The maximum Gasteiger partial charge on any atom is 0.233 e. The summed E-state index contributed by atoms with van der Waals surface area (Å²) in [5, 5.41) is 1.15. The van der Waals surface area contributed by atoms with Crippen LogP contribution in [0.4, 0.5) is 0 Å². The number of amides is 1.